The van der Waals surface area contributed by atoms with Gasteiger partial charge in [-0.1, -0.05) is 6.07 Å². The Labute approximate surface area is 108 Å². The third-order valence-electron chi connectivity index (χ3n) is 3.39. The highest BCUT2D eigenvalue weighted by atomic mass is 32.1. The summed E-state index contributed by atoms with van der Waals surface area (Å²) >= 11 is 4.33. The summed E-state index contributed by atoms with van der Waals surface area (Å²) in [6.07, 6.45) is 6.46. The maximum atomic E-state index is 12.0. The van der Waals surface area contributed by atoms with Crippen molar-refractivity contribution in [1.29, 1.82) is 0 Å². The zero-order valence-electron chi connectivity index (χ0n) is 10.1. The molecule has 0 atom stereocenters. The molecule has 92 valence electrons. The fraction of sp³-hybridized carbons (Fsp3) is 0.538. The molecule has 1 saturated carbocycles. The van der Waals surface area contributed by atoms with Crippen LogP contribution < -0.4 is 0 Å². The molecule has 0 radical (unpaired) electrons. The van der Waals surface area contributed by atoms with E-state index in [0.29, 0.717) is 13.0 Å². The van der Waals surface area contributed by atoms with Crippen molar-refractivity contribution in [1.82, 2.24) is 9.88 Å². The summed E-state index contributed by atoms with van der Waals surface area (Å²) in [5.41, 5.74) is 1.27. The number of carbonyl (C=O) groups excluding carboxylic acids is 1. The largest absolute Gasteiger partial charge is 0.341 e. The van der Waals surface area contributed by atoms with E-state index in [2.05, 4.69) is 17.6 Å². The quantitative estimate of drug-likeness (QED) is 0.812. The van der Waals surface area contributed by atoms with Gasteiger partial charge in [-0.25, -0.2) is 0 Å². The molecule has 0 N–H and O–H groups in total. The minimum Gasteiger partial charge on any atom is -0.341 e. The lowest BCUT2D eigenvalue weighted by Gasteiger charge is -2.20. The molecule has 17 heavy (non-hydrogen) atoms. The van der Waals surface area contributed by atoms with E-state index in [0.717, 1.165) is 24.2 Å². The van der Waals surface area contributed by atoms with Gasteiger partial charge in [0.2, 0.25) is 5.91 Å². The van der Waals surface area contributed by atoms with Crippen LogP contribution in [0.3, 0.4) is 0 Å². The summed E-state index contributed by atoms with van der Waals surface area (Å²) in [5, 5.41) is 0. The Morgan fingerprint density at radius 2 is 2.35 bits per heavy atom. The van der Waals surface area contributed by atoms with Crippen LogP contribution in [0.25, 0.3) is 0 Å². The van der Waals surface area contributed by atoms with Crippen LogP contribution in [0, 0.1) is 5.41 Å². The van der Waals surface area contributed by atoms with Gasteiger partial charge in [0.05, 0.1) is 0 Å². The number of pyridine rings is 1. The van der Waals surface area contributed by atoms with Crippen LogP contribution in [-0.4, -0.2) is 28.6 Å². The average Bonchev–Trinajstić information content (AvgIpc) is 3.11. The number of hydrogen-bond acceptors (Lipinski definition) is 3. The smallest absolute Gasteiger partial charge is 0.223 e. The zero-order chi connectivity index (χ0) is 12.3. The van der Waals surface area contributed by atoms with Gasteiger partial charge < -0.3 is 4.90 Å². The van der Waals surface area contributed by atoms with Crippen LogP contribution in [0.15, 0.2) is 24.5 Å². The van der Waals surface area contributed by atoms with Crippen molar-refractivity contribution in [3.05, 3.63) is 30.1 Å². The van der Waals surface area contributed by atoms with Crippen molar-refractivity contribution in [2.75, 3.05) is 12.8 Å². The van der Waals surface area contributed by atoms with Gasteiger partial charge in [0.1, 0.15) is 0 Å². The van der Waals surface area contributed by atoms with E-state index in [1.165, 1.54) is 0 Å². The SMILES string of the molecule is CN(Cc1cccnc1)C(=O)CC1(CS)CC1. The van der Waals surface area contributed by atoms with Crippen molar-refractivity contribution in [2.24, 2.45) is 5.41 Å². The van der Waals surface area contributed by atoms with Gasteiger partial charge >= 0.3 is 0 Å². The predicted octanol–water partition coefficient (Wildman–Crippen LogP) is 2.14. The minimum atomic E-state index is 0.198. The maximum absolute atomic E-state index is 12.0. The molecule has 0 aliphatic heterocycles. The summed E-state index contributed by atoms with van der Waals surface area (Å²) in [7, 11) is 1.85. The number of thiol groups is 1. The Morgan fingerprint density at radius 3 is 2.88 bits per heavy atom. The fourth-order valence-electron chi connectivity index (χ4n) is 1.88. The molecule has 0 saturated heterocycles. The Hall–Kier alpha value is -1.03. The summed E-state index contributed by atoms with van der Waals surface area (Å²) < 4.78 is 0. The normalized spacial score (nSPS) is 16.6. The van der Waals surface area contributed by atoms with E-state index in [1.54, 1.807) is 17.3 Å². The van der Waals surface area contributed by atoms with Gasteiger partial charge in [0.25, 0.3) is 0 Å². The number of hydrogen-bond donors (Lipinski definition) is 1. The molecule has 1 aromatic heterocycles. The second-order valence-corrected chi connectivity index (χ2v) is 5.26. The molecule has 1 fully saturated rings. The first-order valence-corrected chi connectivity index (χ1v) is 6.52. The van der Waals surface area contributed by atoms with Gasteiger partial charge in [-0.15, -0.1) is 0 Å². The molecule has 1 aliphatic rings. The lowest BCUT2D eigenvalue weighted by molar-refractivity contribution is -0.131. The van der Waals surface area contributed by atoms with Crippen LogP contribution in [0.4, 0.5) is 0 Å². The summed E-state index contributed by atoms with van der Waals surface area (Å²) in [6.45, 7) is 0.634. The highest BCUT2D eigenvalue weighted by molar-refractivity contribution is 7.80. The third kappa shape index (κ3) is 3.22. The van der Waals surface area contributed by atoms with Crippen molar-refractivity contribution >= 4 is 18.5 Å². The molecule has 4 heteroatoms. The van der Waals surface area contributed by atoms with Crippen LogP contribution >= 0.6 is 12.6 Å². The molecular weight excluding hydrogens is 232 g/mol. The number of carbonyl (C=O) groups is 1. The average molecular weight is 250 g/mol. The second-order valence-electron chi connectivity index (χ2n) is 4.95. The van der Waals surface area contributed by atoms with Crippen LogP contribution in [-0.2, 0) is 11.3 Å². The first kappa shape index (κ1) is 12.4. The Balaban J connectivity index is 1.87. The van der Waals surface area contributed by atoms with Crippen LogP contribution in [0.1, 0.15) is 24.8 Å². The first-order chi connectivity index (χ1) is 8.15. The highest BCUT2D eigenvalue weighted by Crippen LogP contribution is 2.49. The Morgan fingerprint density at radius 1 is 1.59 bits per heavy atom. The molecule has 3 nitrogen and oxygen atoms in total. The third-order valence-corrected chi connectivity index (χ3v) is 4.06. The number of aromatic nitrogens is 1. The van der Waals surface area contributed by atoms with E-state index in [9.17, 15) is 4.79 Å². The molecule has 1 amide bonds. The van der Waals surface area contributed by atoms with E-state index < -0.39 is 0 Å². The first-order valence-electron chi connectivity index (χ1n) is 5.89. The molecule has 0 unspecified atom stereocenters. The van der Waals surface area contributed by atoms with E-state index in [1.807, 2.05) is 19.2 Å². The molecule has 1 aromatic rings. The van der Waals surface area contributed by atoms with Crippen molar-refractivity contribution in [3.63, 3.8) is 0 Å². The number of nitrogens with zero attached hydrogens (tertiary/aromatic N) is 2. The monoisotopic (exact) mass is 250 g/mol. The molecule has 1 heterocycles. The van der Waals surface area contributed by atoms with Crippen molar-refractivity contribution < 1.29 is 4.79 Å². The minimum absolute atomic E-state index is 0.198. The van der Waals surface area contributed by atoms with Gasteiger partial charge in [-0.05, 0) is 35.6 Å². The van der Waals surface area contributed by atoms with Crippen molar-refractivity contribution in [3.8, 4) is 0 Å². The lowest BCUT2D eigenvalue weighted by Crippen LogP contribution is -2.28. The van der Waals surface area contributed by atoms with Gasteiger partial charge in [0.15, 0.2) is 0 Å². The molecular formula is C13H18N2OS. The van der Waals surface area contributed by atoms with Crippen LogP contribution in [0.5, 0.6) is 0 Å². The van der Waals surface area contributed by atoms with Gasteiger partial charge in [-0.2, -0.15) is 12.6 Å². The Kier molecular flexibility index (Phi) is 3.72. The second kappa shape index (κ2) is 5.08. The Bertz CT molecular complexity index is 390. The van der Waals surface area contributed by atoms with Crippen molar-refractivity contribution in [2.45, 2.75) is 25.8 Å². The predicted molar refractivity (Wildman–Crippen MR) is 70.8 cm³/mol. The summed E-state index contributed by atoms with van der Waals surface area (Å²) in [5.74, 6) is 1.03. The molecule has 0 bridgehead atoms. The standard InChI is InChI=1S/C13H18N2OS/c1-15(9-11-3-2-6-14-8-11)12(16)7-13(10-17)4-5-13/h2-3,6,8,17H,4-5,7,9-10H2,1H3. The van der Waals surface area contributed by atoms with E-state index in [4.69, 9.17) is 0 Å². The summed E-state index contributed by atoms with van der Waals surface area (Å²) in [6, 6.07) is 3.88. The van der Waals surface area contributed by atoms with E-state index in [-0.39, 0.29) is 11.3 Å². The van der Waals surface area contributed by atoms with Crippen LogP contribution in [0.2, 0.25) is 0 Å². The van der Waals surface area contributed by atoms with Gasteiger partial charge in [-0.3, -0.25) is 9.78 Å². The summed E-state index contributed by atoms with van der Waals surface area (Å²) in [4.78, 5) is 17.9. The molecule has 1 aliphatic carbocycles. The highest BCUT2D eigenvalue weighted by Gasteiger charge is 2.43. The fourth-order valence-corrected chi connectivity index (χ4v) is 2.31. The topological polar surface area (TPSA) is 33.2 Å². The van der Waals surface area contributed by atoms with Gasteiger partial charge in [0, 0.05) is 32.4 Å². The number of amides is 1. The zero-order valence-corrected chi connectivity index (χ0v) is 11.0. The maximum Gasteiger partial charge on any atom is 0.223 e. The van der Waals surface area contributed by atoms with E-state index >= 15 is 0 Å². The lowest BCUT2D eigenvalue weighted by atomic mass is 10.0. The molecule has 0 spiro atoms. The molecule has 0 aromatic carbocycles. The number of rotatable bonds is 5. The molecule has 2 rings (SSSR count).